The smallest absolute Gasteiger partial charge is 0.304 e. The van der Waals surface area contributed by atoms with Gasteiger partial charge in [0.05, 0.1) is 24.9 Å². The zero-order valence-corrected chi connectivity index (χ0v) is 20.1. The predicted molar refractivity (Wildman–Crippen MR) is 134 cm³/mol. The van der Waals surface area contributed by atoms with E-state index >= 15 is 0 Å². The maximum Gasteiger partial charge on any atom is 0.304 e. The molecule has 0 radical (unpaired) electrons. The monoisotopic (exact) mass is 506 g/mol. The second-order valence-corrected chi connectivity index (χ2v) is 7.93. The summed E-state index contributed by atoms with van der Waals surface area (Å²) in [5.41, 5.74) is 8.08. The van der Waals surface area contributed by atoms with E-state index < -0.39 is 11.9 Å². The molecule has 2 amide bonds. The number of nitrogens with one attached hydrogen (secondary N) is 2. The number of hydrogen-bond acceptors (Lipinski definition) is 5. The van der Waals surface area contributed by atoms with Crippen molar-refractivity contribution in [2.24, 2.45) is 11.7 Å². The molecule has 1 saturated heterocycles. The lowest BCUT2D eigenvalue weighted by Gasteiger charge is -2.24. The number of nitrogens with two attached hydrogens (primary N) is 1. The number of nitrogen functional groups attached to an aromatic ring is 1. The predicted octanol–water partition coefficient (Wildman–Crippen LogP) is 1.44. The minimum Gasteiger partial charge on any atom is -0.491 e. The number of carbonyl (C=O) groups is 3. The van der Waals surface area contributed by atoms with Crippen LogP contribution in [0.25, 0.3) is 11.1 Å². The molecule has 3 rings (SSSR count). The average Bonchev–Trinajstić information content (AvgIpc) is 3.06. The van der Waals surface area contributed by atoms with E-state index in [-0.39, 0.29) is 61.1 Å². The van der Waals surface area contributed by atoms with Crippen LogP contribution in [0.1, 0.15) is 25.3 Å². The third-order valence-corrected chi connectivity index (χ3v) is 5.56. The van der Waals surface area contributed by atoms with Crippen molar-refractivity contribution in [3.05, 3.63) is 54.1 Å². The first-order valence-corrected chi connectivity index (χ1v) is 10.7. The highest BCUT2D eigenvalue weighted by Crippen LogP contribution is 2.29. The molecule has 0 spiro atoms. The van der Waals surface area contributed by atoms with Crippen molar-refractivity contribution < 1.29 is 29.7 Å². The standard InChI is InChI=1S/C24H28N4O5.ClH.H2O/c1-2-27-21(29)13-28-19(11-18(24(28)32)12-22(30)31)14-33-20-9-7-16(8-10-20)15-3-5-17(6-4-15)23(25)26;;/h3-10,18-19H,2,11-14H2,1H3,(H3,25,26)(H,27,29)(H,30,31);1H;1H2. The average molecular weight is 507 g/mol. The van der Waals surface area contributed by atoms with E-state index in [4.69, 9.17) is 21.0 Å². The molecule has 190 valence electrons. The number of benzene rings is 2. The largest absolute Gasteiger partial charge is 0.491 e. The molecule has 11 heteroatoms. The highest BCUT2D eigenvalue weighted by molar-refractivity contribution is 5.95. The number of carboxylic acid groups (broad SMARTS) is 1. The Kier molecular flexibility index (Phi) is 11.2. The van der Waals surface area contributed by atoms with Gasteiger partial charge in [-0.2, -0.15) is 0 Å². The Labute approximate surface area is 209 Å². The first kappa shape index (κ1) is 29.4. The fourth-order valence-electron chi connectivity index (χ4n) is 3.90. The molecule has 7 N–H and O–H groups in total. The lowest BCUT2D eigenvalue weighted by molar-refractivity contribution is -0.143. The molecule has 1 fully saturated rings. The zero-order chi connectivity index (χ0) is 24.0. The highest BCUT2D eigenvalue weighted by Gasteiger charge is 2.41. The number of amides is 2. The van der Waals surface area contributed by atoms with Gasteiger partial charge in [0.1, 0.15) is 18.2 Å². The van der Waals surface area contributed by atoms with E-state index in [0.29, 0.717) is 24.3 Å². The Hall–Kier alpha value is -3.63. The van der Waals surface area contributed by atoms with Gasteiger partial charge in [0.25, 0.3) is 0 Å². The van der Waals surface area contributed by atoms with Crippen LogP contribution in [0.15, 0.2) is 48.5 Å². The number of ether oxygens (including phenoxy) is 1. The van der Waals surface area contributed by atoms with Gasteiger partial charge in [-0.25, -0.2) is 0 Å². The van der Waals surface area contributed by atoms with Crippen LogP contribution in [0.3, 0.4) is 0 Å². The SMILES string of the molecule is CCNC(=O)CN1C(=O)C(CC(=O)O)CC1COc1ccc(-c2ccc(C(=N)N)cc2)cc1.Cl.O. The quantitative estimate of drug-likeness (QED) is 0.279. The van der Waals surface area contributed by atoms with Gasteiger partial charge >= 0.3 is 5.97 Å². The fourth-order valence-corrected chi connectivity index (χ4v) is 3.90. The number of rotatable bonds is 10. The van der Waals surface area contributed by atoms with Crippen molar-refractivity contribution >= 4 is 36.0 Å². The number of carboxylic acids is 1. The molecule has 1 heterocycles. The first-order valence-electron chi connectivity index (χ1n) is 10.7. The molecule has 0 saturated carbocycles. The summed E-state index contributed by atoms with van der Waals surface area (Å²) < 4.78 is 5.89. The number of halogens is 1. The lowest BCUT2D eigenvalue weighted by atomic mass is 10.0. The van der Waals surface area contributed by atoms with Gasteiger partial charge < -0.3 is 31.3 Å². The second kappa shape index (κ2) is 13.3. The number of aliphatic carboxylic acids is 1. The van der Waals surface area contributed by atoms with Gasteiger partial charge in [-0.3, -0.25) is 19.8 Å². The van der Waals surface area contributed by atoms with Gasteiger partial charge in [-0.05, 0) is 36.6 Å². The maximum atomic E-state index is 12.7. The molecule has 1 aliphatic heterocycles. The van der Waals surface area contributed by atoms with Gasteiger partial charge in [0.15, 0.2) is 0 Å². The summed E-state index contributed by atoms with van der Waals surface area (Å²) in [6.45, 7) is 2.28. The van der Waals surface area contributed by atoms with E-state index in [9.17, 15) is 14.4 Å². The molecule has 2 aromatic carbocycles. The molecule has 0 aromatic heterocycles. The van der Waals surface area contributed by atoms with Crippen LogP contribution in [-0.4, -0.2) is 64.8 Å². The number of nitrogens with zero attached hydrogens (tertiary/aromatic N) is 1. The van der Waals surface area contributed by atoms with Gasteiger partial charge in [-0.1, -0.05) is 36.4 Å². The van der Waals surface area contributed by atoms with Crippen molar-refractivity contribution in [1.82, 2.24) is 10.2 Å². The molecule has 1 aliphatic rings. The van der Waals surface area contributed by atoms with E-state index in [1.807, 2.05) is 36.4 Å². The second-order valence-electron chi connectivity index (χ2n) is 7.93. The van der Waals surface area contributed by atoms with Crippen molar-refractivity contribution in [3.63, 3.8) is 0 Å². The summed E-state index contributed by atoms with van der Waals surface area (Å²) in [6, 6.07) is 14.4. The van der Waals surface area contributed by atoms with Crippen LogP contribution in [0.4, 0.5) is 0 Å². The summed E-state index contributed by atoms with van der Waals surface area (Å²) in [7, 11) is 0. The molecule has 2 unspecified atom stereocenters. The van der Waals surface area contributed by atoms with Crippen LogP contribution < -0.4 is 15.8 Å². The third kappa shape index (κ3) is 7.69. The van der Waals surface area contributed by atoms with Gasteiger partial charge in [0, 0.05) is 12.1 Å². The Morgan fingerprint density at radius 3 is 2.23 bits per heavy atom. The molecular weight excluding hydrogens is 476 g/mol. The number of amidine groups is 1. The Bertz CT molecular complexity index is 1030. The number of likely N-dealkylation sites (N-methyl/N-ethyl adjacent to an activating group) is 1. The molecule has 10 nitrogen and oxygen atoms in total. The van der Waals surface area contributed by atoms with E-state index in [2.05, 4.69) is 5.32 Å². The Balaban J connectivity index is 0.00000306. The minimum atomic E-state index is -1.04. The maximum absolute atomic E-state index is 12.7. The summed E-state index contributed by atoms with van der Waals surface area (Å²) >= 11 is 0. The van der Waals surface area contributed by atoms with Crippen LogP contribution in [0.2, 0.25) is 0 Å². The van der Waals surface area contributed by atoms with E-state index in [1.165, 1.54) is 4.90 Å². The Morgan fingerprint density at radius 1 is 1.14 bits per heavy atom. The minimum absolute atomic E-state index is 0. The van der Waals surface area contributed by atoms with Crippen molar-refractivity contribution in [3.8, 4) is 16.9 Å². The summed E-state index contributed by atoms with van der Waals surface area (Å²) in [5, 5.41) is 19.2. The van der Waals surface area contributed by atoms with Crippen LogP contribution >= 0.6 is 12.4 Å². The first-order chi connectivity index (χ1) is 15.8. The molecule has 2 aromatic rings. The van der Waals surface area contributed by atoms with Crippen LogP contribution in [0, 0.1) is 11.3 Å². The summed E-state index contributed by atoms with van der Waals surface area (Å²) in [5.74, 6) is -1.70. The Morgan fingerprint density at radius 2 is 1.71 bits per heavy atom. The van der Waals surface area contributed by atoms with Crippen LogP contribution in [-0.2, 0) is 14.4 Å². The summed E-state index contributed by atoms with van der Waals surface area (Å²) in [6.07, 6.45) is 0.0590. The molecular formula is C24H31ClN4O6. The van der Waals surface area contributed by atoms with Crippen molar-refractivity contribution in [1.29, 1.82) is 5.41 Å². The fraction of sp³-hybridized carbons (Fsp3) is 0.333. The number of hydrogen-bond donors (Lipinski definition) is 4. The molecule has 35 heavy (non-hydrogen) atoms. The summed E-state index contributed by atoms with van der Waals surface area (Å²) in [4.78, 5) is 37.3. The zero-order valence-electron chi connectivity index (χ0n) is 19.3. The van der Waals surface area contributed by atoms with Crippen LogP contribution in [0.5, 0.6) is 5.75 Å². The molecule has 0 bridgehead atoms. The molecule has 0 aliphatic carbocycles. The normalized spacial score (nSPS) is 16.6. The highest BCUT2D eigenvalue weighted by atomic mass is 35.5. The molecule has 2 atom stereocenters. The number of carbonyl (C=O) groups excluding carboxylic acids is 2. The number of likely N-dealkylation sites (tertiary alicyclic amines) is 1. The van der Waals surface area contributed by atoms with Crippen molar-refractivity contribution in [2.45, 2.75) is 25.8 Å². The van der Waals surface area contributed by atoms with E-state index in [1.54, 1.807) is 19.1 Å². The third-order valence-electron chi connectivity index (χ3n) is 5.56. The van der Waals surface area contributed by atoms with Crippen molar-refractivity contribution in [2.75, 3.05) is 19.7 Å². The van der Waals surface area contributed by atoms with Gasteiger partial charge in [-0.15, -0.1) is 12.4 Å². The lowest BCUT2D eigenvalue weighted by Crippen LogP contribution is -2.44. The van der Waals surface area contributed by atoms with E-state index in [0.717, 1.165) is 11.1 Å². The van der Waals surface area contributed by atoms with Gasteiger partial charge in [0.2, 0.25) is 11.8 Å². The topological polar surface area (TPSA) is 177 Å².